The van der Waals surface area contributed by atoms with E-state index >= 15 is 0 Å². The fraction of sp³-hybridized carbons (Fsp3) is 0.381. The summed E-state index contributed by atoms with van der Waals surface area (Å²) < 4.78 is 5.39. The van der Waals surface area contributed by atoms with E-state index in [4.69, 9.17) is 16.3 Å². The molecule has 0 atom stereocenters. The number of nitrogens with one attached hydrogen (secondary N) is 1. The molecule has 0 aromatic heterocycles. The Labute approximate surface area is 160 Å². The average molecular weight is 373 g/mol. The van der Waals surface area contributed by atoms with Crippen molar-refractivity contribution in [2.45, 2.75) is 32.7 Å². The first-order chi connectivity index (χ1) is 12.7. The van der Waals surface area contributed by atoms with Crippen molar-refractivity contribution in [2.75, 3.05) is 24.6 Å². The van der Waals surface area contributed by atoms with E-state index in [-0.39, 0.29) is 5.91 Å². The molecule has 1 saturated heterocycles. The van der Waals surface area contributed by atoms with Gasteiger partial charge in [0.25, 0.3) is 5.91 Å². The molecule has 1 heterocycles. The maximum absolute atomic E-state index is 12.3. The zero-order valence-corrected chi connectivity index (χ0v) is 15.9. The van der Waals surface area contributed by atoms with Crippen LogP contribution >= 0.6 is 11.6 Å². The van der Waals surface area contributed by atoms with Gasteiger partial charge in [-0.05, 0) is 62.1 Å². The molecule has 138 valence electrons. The Morgan fingerprint density at radius 1 is 1.12 bits per heavy atom. The van der Waals surface area contributed by atoms with E-state index in [0.717, 1.165) is 18.7 Å². The second-order valence-electron chi connectivity index (χ2n) is 6.48. The van der Waals surface area contributed by atoms with Crippen LogP contribution < -0.4 is 15.0 Å². The molecule has 1 amide bonds. The van der Waals surface area contributed by atoms with Crippen molar-refractivity contribution >= 4 is 23.2 Å². The van der Waals surface area contributed by atoms with Crippen LogP contribution in [0, 0.1) is 0 Å². The first-order valence-corrected chi connectivity index (χ1v) is 9.59. The summed E-state index contributed by atoms with van der Waals surface area (Å²) in [7, 11) is 0. The van der Waals surface area contributed by atoms with E-state index in [9.17, 15) is 4.79 Å². The van der Waals surface area contributed by atoms with Gasteiger partial charge < -0.3 is 15.0 Å². The SMILES string of the molecule is CCOc1ccc(C(=O)NCc2ccc(N3CCCCC3)cc2)cc1Cl. The van der Waals surface area contributed by atoms with Crippen LogP contribution in [0.5, 0.6) is 5.75 Å². The third kappa shape index (κ3) is 4.70. The molecule has 0 radical (unpaired) electrons. The van der Waals surface area contributed by atoms with Gasteiger partial charge in [-0.25, -0.2) is 0 Å². The van der Waals surface area contributed by atoms with Crippen LogP contribution in [0.2, 0.25) is 5.02 Å². The van der Waals surface area contributed by atoms with Crippen molar-refractivity contribution in [1.29, 1.82) is 0 Å². The topological polar surface area (TPSA) is 41.6 Å². The average Bonchev–Trinajstić information content (AvgIpc) is 2.69. The van der Waals surface area contributed by atoms with Crippen molar-refractivity contribution in [1.82, 2.24) is 5.32 Å². The van der Waals surface area contributed by atoms with E-state index in [0.29, 0.717) is 29.5 Å². The third-order valence-corrected chi connectivity index (χ3v) is 4.90. The summed E-state index contributed by atoms with van der Waals surface area (Å²) in [5.74, 6) is 0.453. The quantitative estimate of drug-likeness (QED) is 0.801. The lowest BCUT2D eigenvalue weighted by Gasteiger charge is -2.28. The molecular formula is C21H25ClN2O2. The fourth-order valence-electron chi connectivity index (χ4n) is 3.18. The van der Waals surface area contributed by atoms with Crippen LogP contribution in [0.25, 0.3) is 0 Å². The van der Waals surface area contributed by atoms with Gasteiger partial charge in [-0.3, -0.25) is 4.79 Å². The largest absolute Gasteiger partial charge is 0.492 e. The van der Waals surface area contributed by atoms with Gasteiger partial charge in [-0.15, -0.1) is 0 Å². The first kappa shape index (κ1) is 18.6. The number of piperidine rings is 1. The van der Waals surface area contributed by atoms with Gasteiger partial charge in [0.15, 0.2) is 0 Å². The molecule has 0 unspecified atom stereocenters. The van der Waals surface area contributed by atoms with Crippen LogP contribution in [0.4, 0.5) is 5.69 Å². The Morgan fingerprint density at radius 3 is 2.50 bits per heavy atom. The Bertz CT molecular complexity index is 740. The van der Waals surface area contributed by atoms with Gasteiger partial charge in [0.05, 0.1) is 11.6 Å². The number of carbonyl (C=O) groups is 1. The molecule has 1 fully saturated rings. The molecule has 0 bridgehead atoms. The van der Waals surface area contributed by atoms with Crippen LogP contribution in [-0.4, -0.2) is 25.6 Å². The van der Waals surface area contributed by atoms with Crippen molar-refractivity contribution in [3.8, 4) is 5.75 Å². The molecular weight excluding hydrogens is 348 g/mol. The summed E-state index contributed by atoms with van der Waals surface area (Å²) in [6.07, 6.45) is 3.86. The Balaban J connectivity index is 1.56. The predicted molar refractivity (Wildman–Crippen MR) is 106 cm³/mol. The summed E-state index contributed by atoms with van der Waals surface area (Å²) in [4.78, 5) is 14.8. The van der Waals surface area contributed by atoms with E-state index in [1.165, 1.54) is 24.9 Å². The molecule has 2 aromatic rings. The summed E-state index contributed by atoms with van der Waals surface area (Å²) >= 11 is 6.15. The third-order valence-electron chi connectivity index (χ3n) is 4.60. The van der Waals surface area contributed by atoms with Crippen LogP contribution in [-0.2, 0) is 6.54 Å². The Morgan fingerprint density at radius 2 is 1.85 bits per heavy atom. The van der Waals surface area contributed by atoms with Gasteiger partial charge >= 0.3 is 0 Å². The van der Waals surface area contributed by atoms with E-state index < -0.39 is 0 Å². The van der Waals surface area contributed by atoms with Crippen molar-refractivity contribution in [3.05, 3.63) is 58.6 Å². The van der Waals surface area contributed by atoms with Crippen molar-refractivity contribution in [2.24, 2.45) is 0 Å². The first-order valence-electron chi connectivity index (χ1n) is 9.22. The smallest absolute Gasteiger partial charge is 0.251 e. The number of anilines is 1. The second-order valence-corrected chi connectivity index (χ2v) is 6.88. The highest BCUT2D eigenvalue weighted by Gasteiger charge is 2.11. The van der Waals surface area contributed by atoms with Gasteiger partial charge in [-0.1, -0.05) is 23.7 Å². The Hall–Kier alpha value is -2.20. The second kappa shape index (κ2) is 8.95. The lowest BCUT2D eigenvalue weighted by Crippen LogP contribution is -2.29. The molecule has 0 aliphatic carbocycles. The van der Waals surface area contributed by atoms with E-state index in [2.05, 4.69) is 34.5 Å². The molecule has 3 rings (SSSR count). The number of hydrogen-bond donors (Lipinski definition) is 1. The number of amides is 1. The van der Waals surface area contributed by atoms with Gasteiger partial charge in [-0.2, -0.15) is 0 Å². The minimum atomic E-state index is -0.143. The van der Waals surface area contributed by atoms with Gasteiger partial charge in [0.2, 0.25) is 0 Å². The molecule has 0 saturated carbocycles. The van der Waals surface area contributed by atoms with Gasteiger partial charge in [0, 0.05) is 30.9 Å². The number of rotatable bonds is 6. The minimum absolute atomic E-state index is 0.143. The standard InChI is InChI=1S/C21H25ClN2O2/c1-2-26-20-11-8-17(14-19(20)22)21(25)23-15-16-6-9-18(10-7-16)24-12-4-3-5-13-24/h6-11,14H,2-5,12-13,15H2,1H3,(H,23,25). The maximum atomic E-state index is 12.3. The fourth-order valence-corrected chi connectivity index (χ4v) is 3.41. The molecule has 4 nitrogen and oxygen atoms in total. The normalized spacial score (nSPS) is 14.2. The van der Waals surface area contributed by atoms with Crippen LogP contribution in [0.1, 0.15) is 42.1 Å². The lowest BCUT2D eigenvalue weighted by molar-refractivity contribution is 0.0951. The van der Waals surface area contributed by atoms with Crippen LogP contribution in [0.3, 0.4) is 0 Å². The molecule has 1 aliphatic rings. The maximum Gasteiger partial charge on any atom is 0.251 e. The molecule has 1 aliphatic heterocycles. The predicted octanol–water partition coefficient (Wildman–Crippen LogP) is 4.66. The Kier molecular flexibility index (Phi) is 6.40. The van der Waals surface area contributed by atoms with Crippen molar-refractivity contribution < 1.29 is 9.53 Å². The molecule has 0 spiro atoms. The number of ether oxygens (including phenoxy) is 1. The zero-order chi connectivity index (χ0) is 18.4. The highest BCUT2D eigenvalue weighted by atomic mass is 35.5. The molecule has 26 heavy (non-hydrogen) atoms. The number of halogens is 1. The molecule has 1 N–H and O–H groups in total. The molecule has 5 heteroatoms. The summed E-state index contributed by atoms with van der Waals surface area (Å²) in [5.41, 5.74) is 2.87. The van der Waals surface area contributed by atoms with Gasteiger partial charge in [0.1, 0.15) is 5.75 Å². The summed E-state index contributed by atoms with van der Waals surface area (Å²) in [6.45, 7) is 5.19. The summed E-state index contributed by atoms with van der Waals surface area (Å²) in [6, 6.07) is 13.5. The monoisotopic (exact) mass is 372 g/mol. The number of carbonyl (C=O) groups excluding carboxylic acids is 1. The molecule has 2 aromatic carbocycles. The van der Waals surface area contributed by atoms with Crippen LogP contribution in [0.15, 0.2) is 42.5 Å². The zero-order valence-electron chi connectivity index (χ0n) is 15.1. The van der Waals surface area contributed by atoms with Crippen molar-refractivity contribution in [3.63, 3.8) is 0 Å². The number of benzene rings is 2. The van der Waals surface area contributed by atoms with E-state index in [1.54, 1.807) is 18.2 Å². The highest BCUT2D eigenvalue weighted by molar-refractivity contribution is 6.32. The highest BCUT2D eigenvalue weighted by Crippen LogP contribution is 2.25. The lowest BCUT2D eigenvalue weighted by atomic mass is 10.1. The minimum Gasteiger partial charge on any atom is -0.492 e. The summed E-state index contributed by atoms with van der Waals surface area (Å²) in [5, 5.41) is 3.39. The number of hydrogen-bond acceptors (Lipinski definition) is 3. The van der Waals surface area contributed by atoms with E-state index in [1.807, 2.05) is 6.92 Å². The number of nitrogens with zero attached hydrogens (tertiary/aromatic N) is 1.